The molecule has 2 rings (SSSR count). The third kappa shape index (κ3) is 5.08. The van der Waals surface area contributed by atoms with E-state index in [2.05, 4.69) is 19.2 Å². The van der Waals surface area contributed by atoms with E-state index in [1.165, 1.54) is 0 Å². The van der Waals surface area contributed by atoms with Crippen molar-refractivity contribution in [2.75, 3.05) is 11.9 Å². The van der Waals surface area contributed by atoms with Crippen LogP contribution in [-0.2, 0) is 0 Å². The number of rotatable bonds is 6. The smallest absolute Gasteiger partial charge is 0.255 e. The Balaban J connectivity index is 1.91. The van der Waals surface area contributed by atoms with Crippen LogP contribution in [0, 0.1) is 5.92 Å². The number of halogens is 1. The molecule has 2 aromatic rings. The highest BCUT2D eigenvalue weighted by atomic mass is 35.5. The first kappa shape index (κ1) is 16.4. The predicted octanol–water partition coefficient (Wildman–Crippen LogP) is 5.02. The zero-order chi connectivity index (χ0) is 15.9. The van der Waals surface area contributed by atoms with Gasteiger partial charge >= 0.3 is 0 Å². The molecule has 116 valence electrons. The zero-order valence-corrected chi connectivity index (χ0v) is 13.6. The lowest BCUT2D eigenvalue weighted by atomic mass is 10.1. The van der Waals surface area contributed by atoms with Gasteiger partial charge in [-0.3, -0.25) is 4.79 Å². The molecular weight excluding hydrogens is 298 g/mol. The van der Waals surface area contributed by atoms with E-state index in [4.69, 9.17) is 16.3 Å². The van der Waals surface area contributed by atoms with Gasteiger partial charge in [-0.1, -0.05) is 25.4 Å². The number of carbonyl (C=O) groups is 1. The summed E-state index contributed by atoms with van der Waals surface area (Å²) >= 11 is 5.82. The number of hydrogen-bond donors (Lipinski definition) is 1. The average molecular weight is 318 g/mol. The Bertz CT molecular complexity index is 606. The van der Waals surface area contributed by atoms with Crippen LogP contribution in [0.4, 0.5) is 5.69 Å². The molecule has 3 nitrogen and oxygen atoms in total. The lowest BCUT2D eigenvalue weighted by molar-refractivity contribution is 0.102. The van der Waals surface area contributed by atoms with E-state index in [1.807, 2.05) is 12.1 Å². The minimum atomic E-state index is -0.156. The van der Waals surface area contributed by atoms with Crippen LogP contribution >= 0.6 is 11.6 Å². The second-order valence-electron chi connectivity index (χ2n) is 5.52. The first-order valence-electron chi connectivity index (χ1n) is 7.34. The topological polar surface area (TPSA) is 38.3 Å². The molecule has 0 aliphatic heterocycles. The molecule has 0 aliphatic rings. The molecule has 0 aromatic heterocycles. The van der Waals surface area contributed by atoms with Crippen LogP contribution in [0.5, 0.6) is 5.75 Å². The third-order valence-corrected chi connectivity index (χ3v) is 3.43. The molecule has 0 fully saturated rings. The number of nitrogens with one attached hydrogen (secondary N) is 1. The molecule has 0 saturated heterocycles. The summed E-state index contributed by atoms with van der Waals surface area (Å²) in [6, 6.07) is 14.2. The maximum Gasteiger partial charge on any atom is 0.255 e. The number of amides is 1. The molecule has 4 heteroatoms. The molecular formula is C18H20ClNO2. The second kappa shape index (κ2) is 7.85. The average Bonchev–Trinajstić information content (AvgIpc) is 2.50. The summed E-state index contributed by atoms with van der Waals surface area (Å²) in [5.41, 5.74) is 1.30. The Morgan fingerprint density at radius 1 is 1.09 bits per heavy atom. The van der Waals surface area contributed by atoms with Gasteiger partial charge in [-0.15, -0.1) is 0 Å². The standard InChI is InChI=1S/C18H20ClNO2/c1-13(2)11-12-22-17-9-3-14(4-10-17)18(21)20-16-7-5-15(19)6-8-16/h3-10,13H,11-12H2,1-2H3,(H,20,21). The lowest BCUT2D eigenvalue weighted by Gasteiger charge is -2.09. The molecule has 0 bridgehead atoms. The van der Waals surface area contributed by atoms with Gasteiger partial charge in [-0.2, -0.15) is 0 Å². The van der Waals surface area contributed by atoms with Crippen LogP contribution in [-0.4, -0.2) is 12.5 Å². The third-order valence-electron chi connectivity index (χ3n) is 3.18. The van der Waals surface area contributed by atoms with Gasteiger partial charge < -0.3 is 10.1 Å². The molecule has 22 heavy (non-hydrogen) atoms. The molecule has 1 amide bonds. The fourth-order valence-electron chi connectivity index (χ4n) is 1.85. The summed E-state index contributed by atoms with van der Waals surface area (Å²) in [4.78, 5) is 12.1. The Labute approximate surface area is 136 Å². The summed E-state index contributed by atoms with van der Waals surface area (Å²) in [6.07, 6.45) is 1.01. The van der Waals surface area contributed by atoms with E-state index < -0.39 is 0 Å². The molecule has 0 saturated carbocycles. The minimum Gasteiger partial charge on any atom is -0.494 e. The van der Waals surface area contributed by atoms with Crippen molar-refractivity contribution in [3.8, 4) is 5.75 Å². The van der Waals surface area contributed by atoms with Gasteiger partial charge in [-0.25, -0.2) is 0 Å². The normalized spacial score (nSPS) is 10.5. The lowest BCUT2D eigenvalue weighted by Crippen LogP contribution is -2.11. The highest BCUT2D eigenvalue weighted by Gasteiger charge is 2.06. The van der Waals surface area contributed by atoms with Crippen molar-refractivity contribution in [2.45, 2.75) is 20.3 Å². The van der Waals surface area contributed by atoms with Gasteiger partial charge in [-0.05, 0) is 60.9 Å². The van der Waals surface area contributed by atoms with E-state index in [0.29, 0.717) is 28.8 Å². The number of benzene rings is 2. The van der Waals surface area contributed by atoms with Crippen molar-refractivity contribution in [1.82, 2.24) is 0 Å². The van der Waals surface area contributed by atoms with Gasteiger partial charge in [0, 0.05) is 16.3 Å². The van der Waals surface area contributed by atoms with Crippen LogP contribution < -0.4 is 10.1 Å². The van der Waals surface area contributed by atoms with E-state index in [1.54, 1.807) is 36.4 Å². The molecule has 2 aromatic carbocycles. The summed E-state index contributed by atoms with van der Waals surface area (Å²) in [6.45, 7) is 5.01. The van der Waals surface area contributed by atoms with Crippen LogP contribution in [0.1, 0.15) is 30.6 Å². The quantitative estimate of drug-likeness (QED) is 0.812. The van der Waals surface area contributed by atoms with Gasteiger partial charge in [0.05, 0.1) is 6.61 Å². The van der Waals surface area contributed by atoms with E-state index in [0.717, 1.165) is 12.2 Å². The Kier molecular flexibility index (Phi) is 5.84. The Morgan fingerprint density at radius 2 is 1.73 bits per heavy atom. The maximum atomic E-state index is 12.1. The van der Waals surface area contributed by atoms with Gasteiger partial charge in [0.1, 0.15) is 5.75 Å². The highest BCUT2D eigenvalue weighted by Crippen LogP contribution is 2.17. The maximum absolute atomic E-state index is 12.1. The summed E-state index contributed by atoms with van der Waals surface area (Å²) < 4.78 is 5.64. The summed E-state index contributed by atoms with van der Waals surface area (Å²) in [7, 11) is 0. The van der Waals surface area contributed by atoms with E-state index >= 15 is 0 Å². The van der Waals surface area contributed by atoms with E-state index in [-0.39, 0.29) is 5.91 Å². The summed E-state index contributed by atoms with van der Waals surface area (Å²) in [5.74, 6) is 1.24. The first-order chi connectivity index (χ1) is 10.5. The molecule has 0 spiro atoms. The largest absolute Gasteiger partial charge is 0.494 e. The zero-order valence-electron chi connectivity index (χ0n) is 12.8. The van der Waals surface area contributed by atoms with Crippen molar-refractivity contribution < 1.29 is 9.53 Å². The van der Waals surface area contributed by atoms with Crippen molar-refractivity contribution in [3.05, 3.63) is 59.1 Å². The van der Waals surface area contributed by atoms with Crippen molar-refractivity contribution in [3.63, 3.8) is 0 Å². The molecule has 0 unspecified atom stereocenters. The Hall–Kier alpha value is -2.00. The van der Waals surface area contributed by atoms with Crippen LogP contribution in [0.2, 0.25) is 5.02 Å². The highest BCUT2D eigenvalue weighted by molar-refractivity contribution is 6.30. The van der Waals surface area contributed by atoms with Crippen LogP contribution in [0.25, 0.3) is 0 Å². The first-order valence-corrected chi connectivity index (χ1v) is 7.72. The Morgan fingerprint density at radius 3 is 2.32 bits per heavy atom. The number of anilines is 1. The van der Waals surface area contributed by atoms with Crippen molar-refractivity contribution >= 4 is 23.2 Å². The summed E-state index contributed by atoms with van der Waals surface area (Å²) in [5, 5.41) is 3.46. The fraction of sp³-hybridized carbons (Fsp3) is 0.278. The minimum absolute atomic E-state index is 0.156. The van der Waals surface area contributed by atoms with Gasteiger partial charge in [0.15, 0.2) is 0 Å². The van der Waals surface area contributed by atoms with Crippen molar-refractivity contribution in [2.24, 2.45) is 5.92 Å². The van der Waals surface area contributed by atoms with Crippen LogP contribution in [0.3, 0.4) is 0 Å². The monoisotopic (exact) mass is 317 g/mol. The molecule has 0 atom stereocenters. The van der Waals surface area contributed by atoms with Crippen LogP contribution in [0.15, 0.2) is 48.5 Å². The van der Waals surface area contributed by atoms with Gasteiger partial charge in [0.25, 0.3) is 5.91 Å². The molecule has 0 radical (unpaired) electrons. The molecule has 1 N–H and O–H groups in total. The predicted molar refractivity (Wildman–Crippen MR) is 90.8 cm³/mol. The van der Waals surface area contributed by atoms with Gasteiger partial charge in [0.2, 0.25) is 0 Å². The van der Waals surface area contributed by atoms with E-state index in [9.17, 15) is 4.79 Å². The number of hydrogen-bond acceptors (Lipinski definition) is 2. The molecule has 0 heterocycles. The second-order valence-corrected chi connectivity index (χ2v) is 5.95. The molecule has 0 aliphatic carbocycles. The number of ether oxygens (including phenoxy) is 1. The van der Waals surface area contributed by atoms with Crippen molar-refractivity contribution in [1.29, 1.82) is 0 Å². The fourth-order valence-corrected chi connectivity index (χ4v) is 1.98. The SMILES string of the molecule is CC(C)CCOc1ccc(C(=O)Nc2ccc(Cl)cc2)cc1. The number of carbonyl (C=O) groups excluding carboxylic acids is 1.